The minimum atomic E-state index is -3.84. The summed E-state index contributed by atoms with van der Waals surface area (Å²) in [7, 11) is -2.40. The zero-order valence-corrected chi connectivity index (χ0v) is 15.0. The molecule has 0 atom stereocenters. The fourth-order valence-corrected chi connectivity index (χ4v) is 3.48. The smallest absolute Gasteiger partial charge is 0.262 e. The second kappa shape index (κ2) is 6.93. The number of carbonyl (C=O) groups is 1. The maximum atomic E-state index is 12.5. The first-order valence-corrected chi connectivity index (χ1v) is 9.52. The number of benzene rings is 2. The van der Waals surface area contributed by atoms with Crippen molar-refractivity contribution >= 4 is 33.2 Å². The van der Waals surface area contributed by atoms with Crippen molar-refractivity contribution in [2.75, 3.05) is 11.8 Å². The normalized spacial score (nSPS) is 14.0. The minimum absolute atomic E-state index is 0.0394. The Bertz CT molecular complexity index is 893. The Morgan fingerprint density at radius 2 is 1.84 bits per heavy atom. The van der Waals surface area contributed by atoms with Crippen molar-refractivity contribution in [3.05, 3.63) is 53.1 Å². The van der Waals surface area contributed by atoms with Crippen LogP contribution in [-0.2, 0) is 10.0 Å². The quantitative estimate of drug-likeness (QED) is 0.806. The summed E-state index contributed by atoms with van der Waals surface area (Å²) in [5, 5.41) is 3.23. The number of hydrogen-bond donors (Lipinski definition) is 2. The molecule has 0 radical (unpaired) electrons. The van der Waals surface area contributed by atoms with Gasteiger partial charge >= 0.3 is 0 Å². The van der Waals surface area contributed by atoms with Crippen LogP contribution in [-0.4, -0.2) is 27.5 Å². The largest absolute Gasteiger partial charge is 0.495 e. The van der Waals surface area contributed by atoms with E-state index in [9.17, 15) is 13.2 Å². The minimum Gasteiger partial charge on any atom is -0.495 e. The molecule has 1 aliphatic carbocycles. The second-order valence-corrected chi connectivity index (χ2v) is 7.84. The summed E-state index contributed by atoms with van der Waals surface area (Å²) >= 11 is 5.92. The van der Waals surface area contributed by atoms with E-state index in [2.05, 4.69) is 10.0 Å². The van der Waals surface area contributed by atoms with Crippen molar-refractivity contribution in [2.24, 2.45) is 0 Å². The van der Waals surface area contributed by atoms with Gasteiger partial charge in [-0.25, -0.2) is 8.42 Å². The molecule has 1 amide bonds. The molecule has 0 aromatic heterocycles. The third kappa shape index (κ3) is 4.24. The Morgan fingerprint density at radius 1 is 1.16 bits per heavy atom. The average molecular weight is 381 g/mol. The van der Waals surface area contributed by atoms with E-state index in [0.717, 1.165) is 12.8 Å². The van der Waals surface area contributed by atoms with Crippen LogP contribution in [0.25, 0.3) is 0 Å². The number of rotatable bonds is 6. The highest BCUT2D eigenvalue weighted by Crippen LogP contribution is 2.29. The summed E-state index contributed by atoms with van der Waals surface area (Å²) in [6, 6.07) is 10.6. The predicted octanol–water partition coefficient (Wildman–Crippen LogP) is 3.04. The molecule has 2 aromatic carbocycles. The van der Waals surface area contributed by atoms with Crippen molar-refractivity contribution in [1.29, 1.82) is 0 Å². The molecule has 2 N–H and O–H groups in total. The zero-order chi connectivity index (χ0) is 18.0. The molecule has 1 saturated carbocycles. The lowest BCUT2D eigenvalue weighted by molar-refractivity contribution is 0.0951. The van der Waals surface area contributed by atoms with Gasteiger partial charge in [-0.1, -0.05) is 11.6 Å². The predicted molar refractivity (Wildman–Crippen MR) is 95.7 cm³/mol. The second-order valence-electron chi connectivity index (χ2n) is 5.72. The van der Waals surface area contributed by atoms with Crippen LogP contribution in [0.15, 0.2) is 47.4 Å². The van der Waals surface area contributed by atoms with Gasteiger partial charge in [0.25, 0.3) is 15.9 Å². The number of anilines is 1. The van der Waals surface area contributed by atoms with E-state index in [1.54, 1.807) is 12.1 Å². The standard InChI is InChI=1S/C17H17ClN2O4S/c1-24-16-9-4-12(18)10-15(16)20-25(22,23)14-7-2-11(3-8-14)17(21)19-13-5-6-13/h2-4,7-10,13,20H,5-6H2,1H3,(H,19,21). The molecule has 0 saturated heterocycles. The van der Waals surface area contributed by atoms with Crippen molar-refractivity contribution in [3.8, 4) is 5.75 Å². The van der Waals surface area contributed by atoms with Gasteiger partial charge in [0.05, 0.1) is 17.7 Å². The summed E-state index contributed by atoms with van der Waals surface area (Å²) in [6.07, 6.45) is 1.98. The lowest BCUT2D eigenvalue weighted by atomic mass is 10.2. The van der Waals surface area contributed by atoms with Gasteiger partial charge in [0.2, 0.25) is 0 Å². The van der Waals surface area contributed by atoms with E-state index in [-0.39, 0.29) is 22.5 Å². The van der Waals surface area contributed by atoms with Crippen LogP contribution in [0.4, 0.5) is 5.69 Å². The summed E-state index contributed by atoms with van der Waals surface area (Å²) in [6.45, 7) is 0. The molecule has 1 fully saturated rings. The highest BCUT2D eigenvalue weighted by Gasteiger charge is 2.24. The number of methoxy groups -OCH3 is 1. The lowest BCUT2D eigenvalue weighted by Gasteiger charge is -2.12. The average Bonchev–Trinajstić information content (AvgIpc) is 3.39. The SMILES string of the molecule is COc1ccc(Cl)cc1NS(=O)(=O)c1ccc(C(=O)NC2CC2)cc1. The maximum Gasteiger partial charge on any atom is 0.262 e. The van der Waals surface area contributed by atoms with Gasteiger partial charge in [0.1, 0.15) is 5.75 Å². The molecule has 0 heterocycles. The summed E-state index contributed by atoms with van der Waals surface area (Å²) in [5.74, 6) is 0.157. The van der Waals surface area contributed by atoms with E-state index in [4.69, 9.17) is 16.3 Å². The molecule has 0 unspecified atom stereocenters. The fourth-order valence-electron chi connectivity index (χ4n) is 2.25. The molecule has 25 heavy (non-hydrogen) atoms. The molecule has 0 aliphatic heterocycles. The Labute approximate surface area is 151 Å². The van der Waals surface area contributed by atoms with Crippen LogP contribution >= 0.6 is 11.6 Å². The van der Waals surface area contributed by atoms with Gasteiger partial charge in [-0.15, -0.1) is 0 Å². The van der Waals surface area contributed by atoms with Gasteiger partial charge in [-0.2, -0.15) is 0 Å². The van der Waals surface area contributed by atoms with Gasteiger partial charge in [0.15, 0.2) is 0 Å². The van der Waals surface area contributed by atoms with E-state index < -0.39 is 10.0 Å². The highest BCUT2D eigenvalue weighted by atomic mass is 35.5. The van der Waals surface area contributed by atoms with Crippen molar-refractivity contribution < 1.29 is 17.9 Å². The Kier molecular flexibility index (Phi) is 4.87. The van der Waals surface area contributed by atoms with Crippen LogP contribution in [0.2, 0.25) is 5.02 Å². The van der Waals surface area contributed by atoms with Crippen LogP contribution in [0.5, 0.6) is 5.75 Å². The van der Waals surface area contributed by atoms with Crippen LogP contribution in [0.1, 0.15) is 23.2 Å². The van der Waals surface area contributed by atoms with Gasteiger partial charge < -0.3 is 10.1 Å². The van der Waals surface area contributed by atoms with Crippen molar-refractivity contribution in [2.45, 2.75) is 23.8 Å². The number of amides is 1. The number of hydrogen-bond acceptors (Lipinski definition) is 4. The van der Waals surface area contributed by atoms with Crippen LogP contribution < -0.4 is 14.8 Å². The lowest BCUT2D eigenvalue weighted by Crippen LogP contribution is -2.25. The summed E-state index contributed by atoms with van der Waals surface area (Å²) < 4.78 is 32.7. The number of sulfonamides is 1. The van der Waals surface area contributed by atoms with Gasteiger partial charge in [-0.05, 0) is 55.3 Å². The van der Waals surface area contributed by atoms with Gasteiger partial charge in [0, 0.05) is 16.6 Å². The van der Waals surface area contributed by atoms with Crippen LogP contribution in [0, 0.1) is 0 Å². The van der Waals surface area contributed by atoms with Crippen molar-refractivity contribution in [3.63, 3.8) is 0 Å². The first kappa shape index (κ1) is 17.6. The monoisotopic (exact) mass is 380 g/mol. The Balaban J connectivity index is 1.80. The molecule has 1 aliphatic rings. The molecule has 6 nitrogen and oxygen atoms in total. The molecular weight excluding hydrogens is 364 g/mol. The first-order valence-electron chi connectivity index (χ1n) is 7.66. The summed E-state index contributed by atoms with van der Waals surface area (Å²) in [5.41, 5.74) is 0.664. The Morgan fingerprint density at radius 3 is 2.44 bits per heavy atom. The molecular formula is C17H17ClN2O4S. The molecule has 2 aromatic rings. The highest BCUT2D eigenvalue weighted by molar-refractivity contribution is 7.92. The molecule has 0 bridgehead atoms. The third-order valence-electron chi connectivity index (χ3n) is 3.75. The number of ether oxygens (including phenoxy) is 1. The molecule has 132 valence electrons. The Hall–Kier alpha value is -2.25. The number of nitrogens with one attached hydrogen (secondary N) is 2. The topological polar surface area (TPSA) is 84.5 Å². The summed E-state index contributed by atoms with van der Waals surface area (Å²) in [4.78, 5) is 12.0. The van der Waals surface area contributed by atoms with Gasteiger partial charge in [-0.3, -0.25) is 9.52 Å². The fraction of sp³-hybridized carbons (Fsp3) is 0.235. The van der Waals surface area contributed by atoms with E-state index in [0.29, 0.717) is 16.3 Å². The van der Waals surface area contributed by atoms with E-state index in [1.807, 2.05) is 0 Å². The van der Waals surface area contributed by atoms with E-state index in [1.165, 1.54) is 37.4 Å². The zero-order valence-electron chi connectivity index (χ0n) is 13.5. The van der Waals surface area contributed by atoms with E-state index >= 15 is 0 Å². The third-order valence-corrected chi connectivity index (χ3v) is 5.36. The number of carbonyl (C=O) groups excluding carboxylic acids is 1. The molecule has 8 heteroatoms. The van der Waals surface area contributed by atoms with Crippen LogP contribution in [0.3, 0.4) is 0 Å². The first-order chi connectivity index (χ1) is 11.9. The maximum absolute atomic E-state index is 12.5. The molecule has 0 spiro atoms. The molecule has 3 rings (SSSR count). The number of halogens is 1. The van der Waals surface area contributed by atoms with Crippen molar-refractivity contribution in [1.82, 2.24) is 5.32 Å².